The maximum atomic E-state index is 6.11. The Bertz CT molecular complexity index is 762. The number of hydrogen-bond donors (Lipinski definition) is 1. The lowest BCUT2D eigenvalue weighted by Crippen LogP contribution is -1.98. The van der Waals surface area contributed by atoms with Crippen molar-refractivity contribution in [1.82, 2.24) is 4.57 Å². The standard InChI is InChI=1S/C16H14Cl2N2/c17-13-3-1-2-11(6-13)9-20-10-12(8-19)15-5-4-14(18)7-16(15)20/h1-7,10H,8-9,19H2. The molecule has 0 aliphatic heterocycles. The van der Waals surface area contributed by atoms with E-state index in [4.69, 9.17) is 28.9 Å². The number of hydrogen-bond acceptors (Lipinski definition) is 1. The van der Waals surface area contributed by atoms with Crippen molar-refractivity contribution in [3.05, 3.63) is 69.8 Å². The predicted octanol–water partition coefficient (Wildman–Crippen LogP) is 4.46. The third kappa shape index (κ3) is 2.55. The normalized spacial score (nSPS) is 11.2. The van der Waals surface area contributed by atoms with E-state index in [9.17, 15) is 0 Å². The molecule has 1 heterocycles. The van der Waals surface area contributed by atoms with E-state index in [1.165, 1.54) is 0 Å². The molecule has 2 N–H and O–H groups in total. The van der Waals surface area contributed by atoms with Gasteiger partial charge in [0.2, 0.25) is 0 Å². The van der Waals surface area contributed by atoms with Crippen LogP contribution in [0.15, 0.2) is 48.7 Å². The van der Waals surface area contributed by atoms with E-state index >= 15 is 0 Å². The van der Waals surface area contributed by atoms with Gasteiger partial charge in [0.1, 0.15) is 0 Å². The van der Waals surface area contributed by atoms with Crippen LogP contribution in [0.5, 0.6) is 0 Å². The molecule has 0 aliphatic carbocycles. The zero-order valence-electron chi connectivity index (χ0n) is 10.8. The maximum absolute atomic E-state index is 6.11. The van der Waals surface area contributed by atoms with Gasteiger partial charge in [0.25, 0.3) is 0 Å². The van der Waals surface area contributed by atoms with Crippen molar-refractivity contribution < 1.29 is 0 Å². The van der Waals surface area contributed by atoms with Crippen molar-refractivity contribution in [2.75, 3.05) is 0 Å². The van der Waals surface area contributed by atoms with Crippen LogP contribution in [0.1, 0.15) is 11.1 Å². The lowest BCUT2D eigenvalue weighted by Gasteiger charge is -2.06. The van der Waals surface area contributed by atoms with Gasteiger partial charge in [-0.25, -0.2) is 0 Å². The first-order valence-corrected chi connectivity index (χ1v) is 7.15. The van der Waals surface area contributed by atoms with Crippen LogP contribution in [0.3, 0.4) is 0 Å². The molecule has 102 valence electrons. The smallest absolute Gasteiger partial charge is 0.0501 e. The minimum absolute atomic E-state index is 0.515. The van der Waals surface area contributed by atoms with Gasteiger partial charge in [-0.3, -0.25) is 0 Å². The number of nitrogens with zero attached hydrogens (tertiary/aromatic N) is 1. The summed E-state index contributed by atoms with van der Waals surface area (Å²) in [4.78, 5) is 0. The monoisotopic (exact) mass is 304 g/mol. The van der Waals surface area contributed by atoms with E-state index < -0.39 is 0 Å². The van der Waals surface area contributed by atoms with Gasteiger partial charge in [-0.05, 0) is 35.4 Å². The van der Waals surface area contributed by atoms with Crippen molar-refractivity contribution >= 4 is 34.1 Å². The molecule has 0 unspecified atom stereocenters. The maximum Gasteiger partial charge on any atom is 0.0501 e. The van der Waals surface area contributed by atoms with Gasteiger partial charge in [-0.15, -0.1) is 0 Å². The topological polar surface area (TPSA) is 30.9 Å². The first-order chi connectivity index (χ1) is 9.67. The van der Waals surface area contributed by atoms with Crippen molar-refractivity contribution in [2.24, 2.45) is 5.73 Å². The van der Waals surface area contributed by atoms with Crippen molar-refractivity contribution in [3.8, 4) is 0 Å². The van der Waals surface area contributed by atoms with Gasteiger partial charge in [0.15, 0.2) is 0 Å². The van der Waals surface area contributed by atoms with Crippen LogP contribution < -0.4 is 5.73 Å². The van der Waals surface area contributed by atoms with E-state index in [0.717, 1.165) is 38.6 Å². The summed E-state index contributed by atoms with van der Waals surface area (Å²) in [6, 6.07) is 13.8. The van der Waals surface area contributed by atoms with E-state index in [2.05, 4.69) is 16.8 Å². The second-order valence-corrected chi connectivity index (χ2v) is 5.65. The highest BCUT2D eigenvalue weighted by atomic mass is 35.5. The number of halogens is 2. The predicted molar refractivity (Wildman–Crippen MR) is 85.4 cm³/mol. The molecular formula is C16H14Cl2N2. The molecule has 3 aromatic rings. The molecule has 20 heavy (non-hydrogen) atoms. The molecule has 0 radical (unpaired) electrons. The van der Waals surface area contributed by atoms with Crippen LogP contribution >= 0.6 is 23.2 Å². The molecule has 0 fully saturated rings. The van der Waals surface area contributed by atoms with Crippen molar-refractivity contribution in [1.29, 1.82) is 0 Å². The lowest BCUT2D eigenvalue weighted by molar-refractivity contribution is 0.829. The van der Waals surface area contributed by atoms with Crippen LogP contribution in [-0.2, 0) is 13.1 Å². The molecule has 4 heteroatoms. The van der Waals surface area contributed by atoms with Gasteiger partial charge in [-0.1, -0.05) is 41.4 Å². The SMILES string of the molecule is NCc1cn(Cc2cccc(Cl)c2)c2cc(Cl)ccc12. The Kier molecular flexibility index (Phi) is 3.70. The Balaban J connectivity index is 2.09. The van der Waals surface area contributed by atoms with Gasteiger partial charge in [0.05, 0.1) is 5.52 Å². The summed E-state index contributed by atoms with van der Waals surface area (Å²) in [5.41, 5.74) is 9.19. The van der Waals surface area contributed by atoms with Crippen LogP contribution in [0, 0.1) is 0 Å². The van der Waals surface area contributed by atoms with Gasteiger partial charge < -0.3 is 10.3 Å². The van der Waals surface area contributed by atoms with Gasteiger partial charge in [0, 0.05) is 34.7 Å². The van der Waals surface area contributed by atoms with Crippen LogP contribution in [-0.4, -0.2) is 4.57 Å². The molecule has 0 saturated heterocycles. The average molecular weight is 305 g/mol. The fourth-order valence-corrected chi connectivity index (χ4v) is 2.85. The Morgan fingerprint density at radius 3 is 2.55 bits per heavy atom. The Labute approximate surface area is 127 Å². The Morgan fingerprint density at radius 1 is 1.00 bits per heavy atom. The second-order valence-electron chi connectivity index (χ2n) is 4.78. The molecular weight excluding hydrogens is 291 g/mol. The first-order valence-electron chi connectivity index (χ1n) is 6.39. The summed E-state index contributed by atoms with van der Waals surface area (Å²) in [5, 5.41) is 2.63. The minimum atomic E-state index is 0.515. The summed E-state index contributed by atoms with van der Waals surface area (Å²) < 4.78 is 2.16. The summed E-state index contributed by atoms with van der Waals surface area (Å²) in [6.07, 6.45) is 2.09. The highest BCUT2D eigenvalue weighted by Gasteiger charge is 2.08. The molecule has 2 nitrogen and oxygen atoms in total. The van der Waals surface area contributed by atoms with Gasteiger partial charge >= 0.3 is 0 Å². The Morgan fingerprint density at radius 2 is 1.80 bits per heavy atom. The molecule has 2 aromatic carbocycles. The van der Waals surface area contributed by atoms with Crippen molar-refractivity contribution in [3.63, 3.8) is 0 Å². The number of fused-ring (bicyclic) bond motifs is 1. The van der Waals surface area contributed by atoms with E-state index in [1.54, 1.807) is 0 Å². The zero-order valence-corrected chi connectivity index (χ0v) is 12.3. The number of rotatable bonds is 3. The third-order valence-corrected chi connectivity index (χ3v) is 3.86. The fraction of sp³-hybridized carbons (Fsp3) is 0.125. The molecule has 0 spiro atoms. The summed E-state index contributed by atoms with van der Waals surface area (Å²) in [7, 11) is 0. The minimum Gasteiger partial charge on any atom is -0.343 e. The average Bonchev–Trinajstić information content (AvgIpc) is 2.76. The largest absolute Gasteiger partial charge is 0.343 e. The van der Waals surface area contributed by atoms with E-state index in [-0.39, 0.29) is 0 Å². The molecule has 0 aliphatic rings. The van der Waals surface area contributed by atoms with Gasteiger partial charge in [-0.2, -0.15) is 0 Å². The quantitative estimate of drug-likeness (QED) is 0.761. The summed E-state index contributed by atoms with van der Waals surface area (Å²) in [6.45, 7) is 1.26. The van der Waals surface area contributed by atoms with Crippen LogP contribution in [0.2, 0.25) is 10.0 Å². The molecule has 0 amide bonds. The summed E-state index contributed by atoms with van der Waals surface area (Å²) >= 11 is 12.1. The third-order valence-electron chi connectivity index (χ3n) is 3.39. The molecule has 1 aromatic heterocycles. The zero-order chi connectivity index (χ0) is 14.1. The highest BCUT2D eigenvalue weighted by Crippen LogP contribution is 2.25. The molecule has 0 saturated carbocycles. The fourth-order valence-electron chi connectivity index (χ4n) is 2.47. The number of nitrogens with two attached hydrogens (primary N) is 1. The highest BCUT2D eigenvalue weighted by molar-refractivity contribution is 6.31. The first kappa shape index (κ1) is 13.5. The Hall–Kier alpha value is -1.48. The molecule has 3 rings (SSSR count). The van der Waals surface area contributed by atoms with Crippen LogP contribution in [0.4, 0.5) is 0 Å². The number of aromatic nitrogens is 1. The van der Waals surface area contributed by atoms with E-state index in [1.807, 2.05) is 36.4 Å². The van der Waals surface area contributed by atoms with Crippen LogP contribution in [0.25, 0.3) is 10.9 Å². The second kappa shape index (κ2) is 5.49. The number of benzene rings is 2. The molecule has 0 atom stereocenters. The lowest BCUT2D eigenvalue weighted by atomic mass is 10.2. The van der Waals surface area contributed by atoms with Crippen molar-refractivity contribution in [2.45, 2.75) is 13.1 Å². The summed E-state index contributed by atoms with van der Waals surface area (Å²) in [5.74, 6) is 0. The molecule has 0 bridgehead atoms. The van der Waals surface area contributed by atoms with E-state index in [0.29, 0.717) is 6.54 Å².